The van der Waals surface area contributed by atoms with Gasteiger partial charge in [0.05, 0.1) is 0 Å². The fourth-order valence-electron chi connectivity index (χ4n) is 1.69. The number of hydrogen-bond acceptors (Lipinski definition) is 2. The molecule has 0 aromatic heterocycles. The molecule has 90 valence electrons. The number of rotatable bonds is 7. The highest BCUT2D eigenvalue weighted by atomic mass is 16.1. The first-order valence-corrected chi connectivity index (χ1v) is 5.94. The summed E-state index contributed by atoms with van der Waals surface area (Å²) >= 11 is 0. The molecule has 0 saturated carbocycles. The summed E-state index contributed by atoms with van der Waals surface area (Å²) in [6.45, 7) is 9.71. The van der Waals surface area contributed by atoms with Crippen LogP contribution in [-0.2, 0) is 4.79 Å². The molecule has 0 bridgehead atoms. The summed E-state index contributed by atoms with van der Waals surface area (Å²) < 4.78 is 0. The molecule has 0 fully saturated rings. The molecule has 1 atom stereocenters. The number of carbonyl (C=O) groups excluding carboxylic acids is 1. The van der Waals surface area contributed by atoms with E-state index in [9.17, 15) is 4.79 Å². The quantitative estimate of drug-likeness (QED) is 0.680. The number of amides is 1. The van der Waals surface area contributed by atoms with Crippen LogP contribution in [0.3, 0.4) is 0 Å². The van der Waals surface area contributed by atoms with Crippen LogP contribution in [0, 0.1) is 11.3 Å². The Hall–Kier alpha value is -0.570. The lowest BCUT2D eigenvalue weighted by Crippen LogP contribution is -2.39. The highest BCUT2D eigenvalue weighted by molar-refractivity contribution is 5.78. The molecular formula is C12H26N2O. The highest BCUT2D eigenvalue weighted by Crippen LogP contribution is 2.20. The van der Waals surface area contributed by atoms with Crippen LogP contribution in [0.2, 0.25) is 0 Å². The van der Waals surface area contributed by atoms with Gasteiger partial charge < -0.3 is 11.1 Å². The Labute approximate surface area is 93.8 Å². The third-order valence-electron chi connectivity index (χ3n) is 2.82. The Bertz CT molecular complexity index is 186. The minimum Gasteiger partial charge on any atom is -0.355 e. The zero-order valence-electron chi connectivity index (χ0n) is 10.6. The van der Waals surface area contributed by atoms with Crippen molar-refractivity contribution in [1.82, 2.24) is 5.32 Å². The average Bonchev–Trinajstić information content (AvgIpc) is 2.17. The SMILES string of the molecule is CCCC(C)(C)CNC(=O)C(CC)CN. The average molecular weight is 214 g/mol. The molecule has 1 amide bonds. The van der Waals surface area contributed by atoms with E-state index in [2.05, 4.69) is 26.1 Å². The standard InChI is InChI=1S/C12H26N2O/c1-5-7-12(3,4)9-14-11(15)10(6-2)8-13/h10H,5-9,13H2,1-4H3,(H,14,15). The van der Waals surface area contributed by atoms with Gasteiger partial charge in [-0.2, -0.15) is 0 Å². The van der Waals surface area contributed by atoms with E-state index in [4.69, 9.17) is 5.73 Å². The maximum atomic E-state index is 11.7. The molecular weight excluding hydrogens is 188 g/mol. The lowest BCUT2D eigenvalue weighted by Gasteiger charge is -2.25. The predicted molar refractivity (Wildman–Crippen MR) is 64.5 cm³/mol. The maximum absolute atomic E-state index is 11.7. The van der Waals surface area contributed by atoms with Gasteiger partial charge in [0.15, 0.2) is 0 Å². The summed E-state index contributed by atoms with van der Waals surface area (Å²) in [5.41, 5.74) is 5.71. The van der Waals surface area contributed by atoms with Crippen molar-refractivity contribution >= 4 is 5.91 Å². The number of nitrogens with one attached hydrogen (secondary N) is 1. The minimum atomic E-state index is -0.0255. The van der Waals surface area contributed by atoms with Crippen molar-refractivity contribution in [2.45, 2.75) is 47.0 Å². The van der Waals surface area contributed by atoms with Crippen LogP contribution in [0.1, 0.15) is 47.0 Å². The van der Waals surface area contributed by atoms with Crippen molar-refractivity contribution in [3.8, 4) is 0 Å². The summed E-state index contributed by atoms with van der Waals surface area (Å²) in [4.78, 5) is 11.7. The molecule has 0 saturated heterocycles. The second-order valence-electron chi connectivity index (χ2n) is 4.97. The molecule has 0 aromatic carbocycles. The van der Waals surface area contributed by atoms with Crippen molar-refractivity contribution in [2.75, 3.05) is 13.1 Å². The number of nitrogens with two attached hydrogens (primary N) is 1. The van der Waals surface area contributed by atoms with E-state index in [1.807, 2.05) is 6.92 Å². The molecule has 0 rings (SSSR count). The molecule has 1 unspecified atom stereocenters. The van der Waals surface area contributed by atoms with Crippen LogP contribution in [0.25, 0.3) is 0 Å². The molecule has 15 heavy (non-hydrogen) atoms. The Morgan fingerprint density at radius 1 is 1.40 bits per heavy atom. The van der Waals surface area contributed by atoms with Gasteiger partial charge in [0.25, 0.3) is 0 Å². The van der Waals surface area contributed by atoms with Gasteiger partial charge in [-0.25, -0.2) is 0 Å². The molecule has 0 aliphatic carbocycles. The molecule has 0 aromatic rings. The molecule has 3 heteroatoms. The van der Waals surface area contributed by atoms with E-state index in [-0.39, 0.29) is 17.2 Å². The van der Waals surface area contributed by atoms with Gasteiger partial charge in [-0.3, -0.25) is 4.79 Å². The lowest BCUT2D eigenvalue weighted by molar-refractivity contribution is -0.125. The van der Waals surface area contributed by atoms with Gasteiger partial charge in [0, 0.05) is 19.0 Å². The number of carbonyl (C=O) groups is 1. The Morgan fingerprint density at radius 2 is 2.00 bits per heavy atom. The summed E-state index contributed by atoms with van der Waals surface area (Å²) in [6, 6.07) is 0. The van der Waals surface area contributed by atoms with E-state index >= 15 is 0 Å². The third kappa shape index (κ3) is 5.78. The molecule has 0 heterocycles. The molecule has 0 aliphatic rings. The van der Waals surface area contributed by atoms with Crippen LogP contribution in [-0.4, -0.2) is 19.0 Å². The van der Waals surface area contributed by atoms with Crippen molar-refractivity contribution in [3.63, 3.8) is 0 Å². The van der Waals surface area contributed by atoms with E-state index in [1.165, 1.54) is 0 Å². The van der Waals surface area contributed by atoms with Crippen molar-refractivity contribution in [2.24, 2.45) is 17.1 Å². The van der Waals surface area contributed by atoms with E-state index < -0.39 is 0 Å². The first-order chi connectivity index (χ1) is 6.96. The van der Waals surface area contributed by atoms with Crippen molar-refractivity contribution in [3.05, 3.63) is 0 Å². The van der Waals surface area contributed by atoms with E-state index in [0.717, 1.165) is 25.8 Å². The van der Waals surface area contributed by atoms with Crippen LogP contribution in [0.5, 0.6) is 0 Å². The van der Waals surface area contributed by atoms with Gasteiger partial charge >= 0.3 is 0 Å². The first kappa shape index (κ1) is 14.4. The molecule has 0 aliphatic heterocycles. The second kappa shape index (κ2) is 6.83. The number of hydrogen-bond donors (Lipinski definition) is 2. The Morgan fingerprint density at radius 3 is 2.40 bits per heavy atom. The third-order valence-corrected chi connectivity index (χ3v) is 2.82. The van der Waals surface area contributed by atoms with Crippen LogP contribution < -0.4 is 11.1 Å². The summed E-state index contributed by atoms with van der Waals surface area (Å²) in [7, 11) is 0. The zero-order chi connectivity index (χ0) is 11.9. The Kier molecular flexibility index (Phi) is 6.57. The van der Waals surface area contributed by atoms with Gasteiger partial charge in [0.1, 0.15) is 0 Å². The molecule has 3 nitrogen and oxygen atoms in total. The van der Waals surface area contributed by atoms with Crippen LogP contribution in [0.15, 0.2) is 0 Å². The van der Waals surface area contributed by atoms with Gasteiger partial charge in [-0.05, 0) is 18.3 Å². The minimum absolute atomic E-state index is 0.0255. The van der Waals surface area contributed by atoms with Gasteiger partial charge in [-0.15, -0.1) is 0 Å². The first-order valence-electron chi connectivity index (χ1n) is 5.94. The van der Waals surface area contributed by atoms with Crippen molar-refractivity contribution in [1.29, 1.82) is 0 Å². The van der Waals surface area contributed by atoms with Gasteiger partial charge in [0.2, 0.25) is 5.91 Å². The zero-order valence-corrected chi connectivity index (χ0v) is 10.6. The topological polar surface area (TPSA) is 55.1 Å². The van der Waals surface area contributed by atoms with Crippen LogP contribution >= 0.6 is 0 Å². The fourth-order valence-corrected chi connectivity index (χ4v) is 1.69. The second-order valence-corrected chi connectivity index (χ2v) is 4.97. The van der Waals surface area contributed by atoms with E-state index in [1.54, 1.807) is 0 Å². The summed E-state index contributed by atoms with van der Waals surface area (Å²) in [6.07, 6.45) is 3.10. The van der Waals surface area contributed by atoms with Crippen molar-refractivity contribution < 1.29 is 4.79 Å². The molecule has 3 N–H and O–H groups in total. The van der Waals surface area contributed by atoms with Gasteiger partial charge in [-0.1, -0.05) is 34.1 Å². The summed E-state index contributed by atoms with van der Waals surface area (Å²) in [5, 5.41) is 2.99. The normalized spacial score (nSPS) is 13.7. The predicted octanol–water partition coefficient (Wildman–Crippen LogP) is 1.91. The summed E-state index contributed by atoms with van der Waals surface area (Å²) in [5.74, 6) is 0.0756. The molecule has 0 radical (unpaired) electrons. The maximum Gasteiger partial charge on any atom is 0.224 e. The Balaban J connectivity index is 3.98. The highest BCUT2D eigenvalue weighted by Gasteiger charge is 2.20. The molecule has 0 spiro atoms. The van der Waals surface area contributed by atoms with Crippen LogP contribution in [0.4, 0.5) is 0 Å². The lowest BCUT2D eigenvalue weighted by atomic mass is 9.88. The van der Waals surface area contributed by atoms with E-state index in [0.29, 0.717) is 6.54 Å². The largest absolute Gasteiger partial charge is 0.355 e. The smallest absolute Gasteiger partial charge is 0.224 e. The fraction of sp³-hybridized carbons (Fsp3) is 0.917. The monoisotopic (exact) mass is 214 g/mol.